The van der Waals surface area contributed by atoms with Crippen molar-refractivity contribution in [3.8, 4) is 0 Å². The van der Waals surface area contributed by atoms with Crippen molar-refractivity contribution in [2.75, 3.05) is 19.7 Å². The molecule has 0 unspecified atom stereocenters. The van der Waals surface area contributed by atoms with E-state index < -0.39 is 0 Å². The Balaban J connectivity index is 1.66. The van der Waals surface area contributed by atoms with Crippen LogP contribution in [0.4, 0.5) is 0 Å². The van der Waals surface area contributed by atoms with Gasteiger partial charge < -0.3 is 14.6 Å². The van der Waals surface area contributed by atoms with E-state index in [2.05, 4.69) is 16.9 Å². The summed E-state index contributed by atoms with van der Waals surface area (Å²) >= 11 is 0. The number of imidazole rings is 1. The maximum absolute atomic E-state index is 12.7. The molecule has 0 aliphatic carbocycles. The van der Waals surface area contributed by atoms with Crippen molar-refractivity contribution in [3.63, 3.8) is 0 Å². The van der Waals surface area contributed by atoms with E-state index in [-0.39, 0.29) is 5.91 Å². The van der Waals surface area contributed by atoms with Gasteiger partial charge in [0, 0.05) is 25.3 Å². The van der Waals surface area contributed by atoms with Crippen LogP contribution < -0.4 is 0 Å². The van der Waals surface area contributed by atoms with Crippen molar-refractivity contribution in [2.24, 2.45) is 0 Å². The Bertz CT molecular complexity index is 638. The molecule has 22 heavy (non-hydrogen) atoms. The summed E-state index contributed by atoms with van der Waals surface area (Å²) in [5.74, 6) is 0.104. The second-order valence-electron chi connectivity index (χ2n) is 5.85. The number of hydrogen-bond donors (Lipinski definition) is 1. The molecule has 2 aromatic rings. The van der Waals surface area contributed by atoms with E-state index in [1.165, 1.54) is 0 Å². The molecule has 118 valence electrons. The monoisotopic (exact) mass is 301 g/mol. The van der Waals surface area contributed by atoms with Gasteiger partial charge in [0.05, 0.1) is 23.5 Å². The van der Waals surface area contributed by atoms with Crippen molar-refractivity contribution >= 4 is 16.9 Å². The zero-order chi connectivity index (χ0) is 15.4. The number of H-pyrrole nitrogens is 1. The molecule has 5 heteroatoms. The van der Waals surface area contributed by atoms with Gasteiger partial charge in [0.25, 0.3) is 5.91 Å². The predicted octanol–water partition coefficient (Wildman–Crippen LogP) is 2.98. The molecule has 0 radical (unpaired) electrons. The van der Waals surface area contributed by atoms with Crippen LogP contribution >= 0.6 is 0 Å². The average Bonchev–Trinajstić information content (AvgIpc) is 2.89. The fraction of sp³-hybridized carbons (Fsp3) is 0.529. The Kier molecular flexibility index (Phi) is 4.73. The minimum absolute atomic E-state index is 0.104. The van der Waals surface area contributed by atoms with Crippen molar-refractivity contribution < 1.29 is 9.53 Å². The van der Waals surface area contributed by atoms with Crippen LogP contribution in [0.15, 0.2) is 24.5 Å². The molecule has 5 nitrogen and oxygen atoms in total. The maximum Gasteiger partial charge on any atom is 0.253 e. The third kappa shape index (κ3) is 3.30. The topological polar surface area (TPSA) is 58.2 Å². The van der Waals surface area contributed by atoms with E-state index in [1.807, 2.05) is 23.1 Å². The molecule has 1 aliphatic heterocycles. The first-order valence-electron chi connectivity index (χ1n) is 8.12. The normalized spacial score (nSPS) is 19.3. The third-order valence-electron chi connectivity index (χ3n) is 4.19. The van der Waals surface area contributed by atoms with Gasteiger partial charge in [0.2, 0.25) is 0 Å². The number of carbonyl (C=O) groups is 1. The summed E-state index contributed by atoms with van der Waals surface area (Å²) in [5, 5.41) is 0. The van der Waals surface area contributed by atoms with Gasteiger partial charge >= 0.3 is 0 Å². The van der Waals surface area contributed by atoms with Crippen molar-refractivity contribution in [2.45, 2.75) is 38.7 Å². The Hall–Kier alpha value is -1.88. The van der Waals surface area contributed by atoms with E-state index >= 15 is 0 Å². The molecule has 1 aliphatic rings. The number of ether oxygens (including phenoxy) is 1. The molecule has 0 bridgehead atoms. The standard InChI is InChI=1S/C17H23N3O2/c1-2-10-22-14-4-3-8-20(9-7-14)17(21)13-5-6-15-16(11-13)19-12-18-15/h5-6,11-12,14H,2-4,7-10H2,1H3,(H,18,19)/t14-/m0/s1. The van der Waals surface area contributed by atoms with Gasteiger partial charge in [-0.1, -0.05) is 6.92 Å². The second kappa shape index (κ2) is 6.92. The number of benzene rings is 1. The zero-order valence-corrected chi connectivity index (χ0v) is 13.0. The summed E-state index contributed by atoms with van der Waals surface area (Å²) in [4.78, 5) is 21.9. The quantitative estimate of drug-likeness (QED) is 0.944. The number of carbonyl (C=O) groups excluding carboxylic acids is 1. The van der Waals surface area contributed by atoms with E-state index in [0.29, 0.717) is 6.10 Å². The summed E-state index contributed by atoms with van der Waals surface area (Å²) in [6.45, 7) is 4.52. The summed E-state index contributed by atoms with van der Waals surface area (Å²) in [7, 11) is 0. The molecule has 0 saturated carbocycles. The molecule has 1 aromatic carbocycles. The molecular weight excluding hydrogens is 278 g/mol. The molecule has 0 spiro atoms. The first-order valence-corrected chi connectivity index (χ1v) is 8.12. The molecule has 3 rings (SSSR count). The molecule has 1 N–H and O–H groups in total. The van der Waals surface area contributed by atoms with Gasteiger partial charge in [-0.05, 0) is 43.9 Å². The van der Waals surface area contributed by atoms with Gasteiger partial charge in [-0.25, -0.2) is 4.98 Å². The maximum atomic E-state index is 12.7. The Morgan fingerprint density at radius 2 is 2.32 bits per heavy atom. The molecule has 1 amide bonds. The highest BCUT2D eigenvalue weighted by Gasteiger charge is 2.22. The van der Waals surface area contributed by atoms with Crippen LogP contribution in [0, 0.1) is 0 Å². The lowest BCUT2D eigenvalue weighted by molar-refractivity contribution is 0.0432. The van der Waals surface area contributed by atoms with Crippen LogP contribution in [0.1, 0.15) is 43.0 Å². The second-order valence-corrected chi connectivity index (χ2v) is 5.85. The molecule has 1 saturated heterocycles. The van der Waals surface area contributed by atoms with E-state index in [4.69, 9.17) is 4.74 Å². The Morgan fingerprint density at radius 3 is 3.18 bits per heavy atom. The zero-order valence-electron chi connectivity index (χ0n) is 13.0. The number of amides is 1. The lowest BCUT2D eigenvalue weighted by Crippen LogP contribution is -2.32. The van der Waals surface area contributed by atoms with Crippen LogP contribution in [0.5, 0.6) is 0 Å². The Morgan fingerprint density at radius 1 is 1.41 bits per heavy atom. The van der Waals surface area contributed by atoms with Crippen LogP contribution in [-0.2, 0) is 4.74 Å². The van der Waals surface area contributed by atoms with Gasteiger partial charge in [-0.2, -0.15) is 0 Å². The number of fused-ring (bicyclic) bond motifs is 1. The van der Waals surface area contributed by atoms with Gasteiger partial charge in [-0.3, -0.25) is 4.79 Å². The van der Waals surface area contributed by atoms with Gasteiger partial charge in [0.1, 0.15) is 0 Å². The van der Waals surface area contributed by atoms with Crippen LogP contribution in [0.2, 0.25) is 0 Å². The molecule has 2 heterocycles. The number of hydrogen-bond acceptors (Lipinski definition) is 3. The van der Waals surface area contributed by atoms with E-state index in [9.17, 15) is 4.79 Å². The highest BCUT2D eigenvalue weighted by Crippen LogP contribution is 2.18. The summed E-state index contributed by atoms with van der Waals surface area (Å²) in [6, 6.07) is 5.64. The van der Waals surface area contributed by atoms with Gasteiger partial charge in [0.15, 0.2) is 0 Å². The molecular formula is C17H23N3O2. The smallest absolute Gasteiger partial charge is 0.253 e. The first kappa shape index (κ1) is 15.0. The molecule has 1 atom stereocenters. The lowest BCUT2D eigenvalue weighted by Gasteiger charge is -2.20. The minimum Gasteiger partial charge on any atom is -0.378 e. The number of rotatable bonds is 4. The van der Waals surface area contributed by atoms with Crippen molar-refractivity contribution in [1.82, 2.24) is 14.9 Å². The Labute approximate surface area is 130 Å². The number of aromatic amines is 1. The SMILES string of the molecule is CCCO[C@H]1CCCN(C(=O)c2ccc3nc[nH]c3c2)CC1. The fourth-order valence-electron chi connectivity index (χ4n) is 2.97. The summed E-state index contributed by atoms with van der Waals surface area (Å²) in [5.41, 5.74) is 2.52. The summed E-state index contributed by atoms with van der Waals surface area (Å²) in [6.07, 6.45) is 5.98. The number of nitrogens with one attached hydrogen (secondary N) is 1. The number of aromatic nitrogens is 2. The van der Waals surface area contributed by atoms with Crippen LogP contribution in [-0.4, -0.2) is 46.6 Å². The predicted molar refractivity (Wildman–Crippen MR) is 85.9 cm³/mol. The highest BCUT2D eigenvalue weighted by molar-refractivity contribution is 5.97. The van der Waals surface area contributed by atoms with E-state index in [0.717, 1.165) is 62.0 Å². The highest BCUT2D eigenvalue weighted by atomic mass is 16.5. The number of likely N-dealkylation sites (tertiary alicyclic amines) is 1. The number of nitrogens with zero attached hydrogens (tertiary/aromatic N) is 2. The summed E-state index contributed by atoms with van der Waals surface area (Å²) < 4.78 is 5.84. The van der Waals surface area contributed by atoms with Crippen molar-refractivity contribution in [1.29, 1.82) is 0 Å². The largest absolute Gasteiger partial charge is 0.378 e. The van der Waals surface area contributed by atoms with Crippen LogP contribution in [0.3, 0.4) is 0 Å². The molecule has 1 fully saturated rings. The van der Waals surface area contributed by atoms with Crippen LogP contribution in [0.25, 0.3) is 11.0 Å². The first-order chi connectivity index (χ1) is 10.8. The fourth-order valence-corrected chi connectivity index (χ4v) is 2.97. The average molecular weight is 301 g/mol. The van der Waals surface area contributed by atoms with Gasteiger partial charge in [-0.15, -0.1) is 0 Å². The van der Waals surface area contributed by atoms with E-state index in [1.54, 1.807) is 6.33 Å². The lowest BCUT2D eigenvalue weighted by atomic mass is 10.1. The molecule has 1 aromatic heterocycles. The minimum atomic E-state index is 0.104. The van der Waals surface area contributed by atoms with Crippen molar-refractivity contribution in [3.05, 3.63) is 30.1 Å². The third-order valence-corrected chi connectivity index (χ3v) is 4.19.